The summed E-state index contributed by atoms with van der Waals surface area (Å²) in [5.41, 5.74) is -0.148. The number of hydrogen-bond donors (Lipinski definition) is 0. The third-order valence-corrected chi connectivity index (χ3v) is 4.79. The minimum atomic E-state index is -3.51. The van der Waals surface area contributed by atoms with Gasteiger partial charge in [-0.05, 0) is 31.9 Å². The zero-order valence-electron chi connectivity index (χ0n) is 8.13. The molecule has 0 amide bonds. The van der Waals surface area contributed by atoms with Crippen molar-refractivity contribution in [2.24, 2.45) is 0 Å². The van der Waals surface area contributed by atoms with Crippen LogP contribution in [-0.2, 0) is 9.84 Å². The lowest BCUT2D eigenvalue weighted by atomic mass is 10.2. The quantitative estimate of drug-likeness (QED) is 0.783. The molecule has 0 N–H and O–H groups in total. The molecule has 0 aliphatic heterocycles. The van der Waals surface area contributed by atoms with Gasteiger partial charge in [-0.1, -0.05) is 0 Å². The highest BCUT2D eigenvalue weighted by atomic mass is 32.2. The van der Waals surface area contributed by atoms with E-state index in [1.807, 2.05) is 0 Å². The molecule has 1 aliphatic rings. The Bertz CT molecular complexity index is 481. The Morgan fingerprint density at radius 3 is 2.07 bits per heavy atom. The molecular weight excluding hydrogens is 222 g/mol. The minimum Gasteiger partial charge on any atom is -0.223 e. The SMILES string of the molecule is Cc1c(F)cc(S(=O)(=O)C2CC2)cc1F. The molecule has 0 heterocycles. The highest BCUT2D eigenvalue weighted by Gasteiger charge is 2.37. The second-order valence-electron chi connectivity index (χ2n) is 3.76. The summed E-state index contributed by atoms with van der Waals surface area (Å²) in [6.45, 7) is 1.28. The standard InChI is InChI=1S/C10H10F2O2S/c1-6-9(11)4-8(5-10(6)12)15(13,14)7-2-3-7/h4-5,7H,2-3H2,1H3. The number of sulfone groups is 1. The monoisotopic (exact) mass is 232 g/mol. The Morgan fingerprint density at radius 2 is 1.67 bits per heavy atom. The molecule has 2 nitrogen and oxygen atoms in total. The van der Waals surface area contributed by atoms with Crippen molar-refractivity contribution in [3.63, 3.8) is 0 Å². The first-order valence-electron chi connectivity index (χ1n) is 4.62. The second-order valence-corrected chi connectivity index (χ2v) is 5.98. The van der Waals surface area contributed by atoms with Crippen molar-refractivity contribution in [3.8, 4) is 0 Å². The lowest BCUT2D eigenvalue weighted by Crippen LogP contribution is -2.08. The maximum Gasteiger partial charge on any atom is 0.181 e. The normalized spacial score (nSPS) is 16.7. The predicted molar refractivity (Wildman–Crippen MR) is 51.3 cm³/mol. The van der Waals surface area contributed by atoms with E-state index in [0.29, 0.717) is 12.8 Å². The summed E-state index contributed by atoms with van der Waals surface area (Å²) in [4.78, 5) is -0.245. The van der Waals surface area contributed by atoms with Crippen LogP contribution in [0, 0.1) is 18.6 Å². The summed E-state index contributed by atoms with van der Waals surface area (Å²) >= 11 is 0. The summed E-state index contributed by atoms with van der Waals surface area (Å²) in [7, 11) is -3.51. The van der Waals surface area contributed by atoms with E-state index in [0.717, 1.165) is 12.1 Å². The molecule has 0 saturated heterocycles. The smallest absolute Gasteiger partial charge is 0.181 e. The summed E-state index contributed by atoms with van der Waals surface area (Å²) < 4.78 is 49.7. The van der Waals surface area contributed by atoms with Crippen LogP contribution in [0.2, 0.25) is 0 Å². The van der Waals surface area contributed by atoms with E-state index < -0.39 is 26.7 Å². The summed E-state index contributed by atoms with van der Waals surface area (Å²) in [6, 6.07) is 1.79. The average molecular weight is 232 g/mol. The Kier molecular flexibility index (Phi) is 2.30. The van der Waals surface area contributed by atoms with Gasteiger partial charge in [-0.15, -0.1) is 0 Å². The molecule has 0 unspecified atom stereocenters. The van der Waals surface area contributed by atoms with Gasteiger partial charge in [0.05, 0.1) is 10.1 Å². The van der Waals surface area contributed by atoms with E-state index in [1.165, 1.54) is 6.92 Å². The molecule has 0 atom stereocenters. The third kappa shape index (κ3) is 1.76. The Hall–Kier alpha value is -0.970. The van der Waals surface area contributed by atoms with E-state index in [4.69, 9.17) is 0 Å². The van der Waals surface area contributed by atoms with Crippen LogP contribution >= 0.6 is 0 Å². The molecule has 2 rings (SSSR count). The van der Waals surface area contributed by atoms with Crippen molar-refractivity contribution in [1.29, 1.82) is 0 Å². The molecule has 15 heavy (non-hydrogen) atoms. The largest absolute Gasteiger partial charge is 0.223 e. The number of halogens is 2. The van der Waals surface area contributed by atoms with E-state index in [-0.39, 0.29) is 10.5 Å². The summed E-state index contributed by atoms with van der Waals surface area (Å²) in [5, 5.41) is -0.445. The van der Waals surface area contributed by atoms with Crippen LogP contribution < -0.4 is 0 Å². The first-order valence-corrected chi connectivity index (χ1v) is 6.17. The molecule has 0 bridgehead atoms. The highest BCUT2D eigenvalue weighted by Crippen LogP contribution is 2.34. The van der Waals surface area contributed by atoms with E-state index in [2.05, 4.69) is 0 Å². The van der Waals surface area contributed by atoms with Crippen LogP contribution in [0.3, 0.4) is 0 Å². The van der Waals surface area contributed by atoms with Crippen LogP contribution in [0.4, 0.5) is 8.78 Å². The van der Waals surface area contributed by atoms with Crippen LogP contribution in [0.1, 0.15) is 18.4 Å². The van der Waals surface area contributed by atoms with Crippen LogP contribution in [0.15, 0.2) is 17.0 Å². The fourth-order valence-corrected chi connectivity index (χ4v) is 3.03. The van der Waals surface area contributed by atoms with Crippen molar-refractivity contribution in [2.45, 2.75) is 29.9 Å². The van der Waals surface area contributed by atoms with Crippen molar-refractivity contribution in [2.75, 3.05) is 0 Å². The van der Waals surface area contributed by atoms with Gasteiger partial charge in [-0.25, -0.2) is 17.2 Å². The fraction of sp³-hybridized carbons (Fsp3) is 0.400. The van der Waals surface area contributed by atoms with Gasteiger partial charge in [0.15, 0.2) is 9.84 Å². The lowest BCUT2D eigenvalue weighted by molar-refractivity contribution is 0.555. The number of benzene rings is 1. The predicted octanol–water partition coefficient (Wildman–Crippen LogP) is 2.21. The molecule has 0 aromatic heterocycles. The first kappa shape index (κ1) is 10.5. The van der Waals surface area contributed by atoms with Gasteiger partial charge < -0.3 is 0 Å². The third-order valence-electron chi connectivity index (χ3n) is 2.55. The second kappa shape index (κ2) is 3.27. The lowest BCUT2D eigenvalue weighted by Gasteiger charge is -2.05. The zero-order chi connectivity index (χ0) is 11.2. The van der Waals surface area contributed by atoms with Gasteiger partial charge in [0, 0.05) is 5.56 Å². The number of rotatable bonds is 2. The van der Waals surface area contributed by atoms with Gasteiger partial charge >= 0.3 is 0 Å². The van der Waals surface area contributed by atoms with E-state index in [9.17, 15) is 17.2 Å². The van der Waals surface area contributed by atoms with Gasteiger partial charge in [-0.3, -0.25) is 0 Å². The zero-order valence-corrected chi connectivity index (χ0v) is 8.94. The van der Waals surface area contributed by atoms with Crippen LogP contribution in [0.5, 0.6) is 0 Å². The molecule has 1 fully saturated rings. The van der Waals surface area contributed by atoms with E-state index >= 15 is 0 Å². The molecule has 1 aromatic carbocycles. The number of hydrogen-bond acceptors (Lipinski definition) is 2. The minimum absolute atomic E-state index is 0.148. The van der Waals surface area contributed by atoms with Crippen molar-refractivity contribution < 1.29 is 17.2 Å². The summed E-state index contributed by atoms with van der Waals surface area (Å²) in [6.07, 6.45) is 1.17. The van der Waals surface area contributed by atoms with Gasteiger partial charge in [0.2, 0.25) is 0 Å². The van der Waals surface area contributed by atoms with Gasteiger partial charge in [0.1, 0.15) is 11.6 Å². The molecule has 1 saturated carbocycles. The Morgan fingerprint density at radius 1 is 1.20 bits per heavy atom. The molecule has 1 aliphatic carbocycles. The maximum atomic E-state index is 13.1. The summed E-state index contributed by atoms with van der Waals surface area (Å²) in [5.74, 6) is -1.62. The molecule has 82 valence electrons. The van der Waals surface area contributed by atoms with Crippen molar-refractivity contribution in [3.05, 3.63) is 29.3 Å². The fourth-order valence-electron chi connectivity index (χ4n) is 1.36. The first-order chi connectivity index (χ1) is 6.93. The highest BCUT2D eigenvalue weighted by molar-refractivity contribution is 7.92. The maximum absolute atomic E-state index is 13.1. The van der Waals surface area contributed by atoms with Crippen molar-refractivity contribution in [1.82, 2.24) is 0 Å². The molecule has 5 heteroatoms. The molecular formula is C10H10F2O2S. The van der Waals surface area contributed by atoms with Crippen LogP contribution in [0.25, 0.3) is 0 Å². The topological polar surface area (TPSA) is 34.1 Å². The van der Waals surface area contributed by atoms with Crippen LogP contribution in [-0.4, -0.2) is 13.7 Å². The average Bonchev–Trinajstić information content (AvgIpc) is 2.96. The molecule has 0 spiro atoms. The van der Waals surface area contributed by atoms with E-state index in [1.54, 1.807) is 0 Å². The Labute approximate surface area is 86.8 Å². The van der Waals surface area contributed by atoms with Gasteiger partial charge in [-0.2, -0.15) is 0 Å². The van der Waals surface area contributed by atoms with Crippen molar-refractivity contribution >= 4 is 9.84 Å². The molecule has 0 radical (unpaired) electrons. The van der Waals surface area contributed by atoms with Gasteiger partial charge in [0.25, 0.3) is 0 Å². The Balaban J connectivity index is 2.54. The molecule has 1 aromatic rings.